The third-order valence-corrected chi connectivity index (χ3v) is 2.37. The molecule has 0 aromatic heterocycles. The topological polar surface area (TPSA) is 55.1 Å². The van der Waals surface area contributed by atoms with E-state index in [0.29, 0.717) is 0 Å². The Labute approximate surface area is 104 Å². The van der Waals surface area contributed by atoms with Gasteiger partial charge in [-0.2, -0.15) is 0 Å². The summed E-state index contributed by atoms with van der Waals surface area (Å²) in [6.45, 7) is 0. The Morgan fingerprint density at radius 3 is 2.62 bits per heavy atom. The summed E-state index contributed by atoms with van der Waals surface area (Å²) in [4.78, 5) is 11.2. The van der Waals surface area contributed by atoms with Crippen LogP contribution in [0, 0.1) is 11.6 Å². The number of carbonyl (C=O) groups excluding carboxylic acids is 1. The number of thiocarbonyl (C=S) groups is 1. The molecule has 86 valence electrons. The lowest BCUT2D eigenvalue weighted by molar-refractivity contribution is -0.115. The van der Waals surface area contributed by atoms with Crippen LogP contribution in [-0.4, -0.2) is 10.9 Å². The average Bonchev–Trinajstić information content (AvgIpc) is 2.12. The molecule has 1 aromatic rings. The van der Waals surface area contributed by atoms with Crippen LogP contribution in [0.25, 0.3) is 0 Å². The van der Waals surface area contributed by atoms with E-state index < -0.39 is 17.5 Å². The predicted molar refractivity (Wildman–Crippen MR) is 64.1 cm³/mol. The van der Waals surface area contributed by atoms with Gasteiger partial charge in [-0.3, -0.25) is 4.79 Å². The lowest BCUT2D eigenvalue weighted by atomic mass is 10.3. The van der Waals surface area contributed by atoms with Crippen LogP contribution >= 0.6 is 28.1 Å². The number of rotatable bonds is 3. The number of amides is 1. The van der Waals surface area contributed by atoms with Crippen LogP contribution in [0.4, 0.5) is 14.5 Å². The number of hydrogen-bond acceptors (Lipinski definition) is 2. The molecule has 0 spiro atoms. The lowest BCUT2D eigenvalue weighted by Gasteiger charge is -2.06. The predicted octanol–water partition coefficient (Wildman–Crippen LogP) is 2.34. The number of hydrogen-bond donors (Lipinski definition) is 2. The number of benzene rings is 1. The van der Waals surface area contributed by atoms with E-state index in [1.54, 1.807) is 0 Å². The molecule has 3 N–H and O–H groups in total. The number of anilines is 1. The number of carbonyl (C=O) groups is 1. The molecular weight excluding hydrogens is 302 g/mol. The number of nitrogens with two attached hydrogens (primary N) is 1. The molecule has 0 aliphatic rings. The average molecular weight is 309 g/mol. The van der Waals surface area contributed by atoms with Gasteiger partial charge in [0.1, 0.15) is 11.6 Å². The molecule has 3 nitrogen and oxygen atoms in total. The zero-order chi connectivity index (χ0) is 12.3. The van der Waals surface area contributed by atoms with Crippen molar-refractivity contribution in [2.45, 2.75) is 6.42 Å². The van der Waals surface area contributed by atoms with Crippen molar-refractivity contribution < 1.29 is 13.6 Å². The molecule has 0 unspecified atom stereocenters. The highest BCUT2D eigenvalue weighted by Gasteiger charge is 2.11. The van der Waals surface area contributed by atoms with Crippen molar-refractivity contribution in [1.82, 2.24) is 0 Å². The summed E-state index contributed by atoms with van der Waals surface area (Å²) in [6.07, 6.45) is -0.216. The fourth-order valence-corrected chi connectivity index (χ4v) is 1.42. The third-order valence-electron chi connectivity index (χ3n) is 1.62. The van der Waals surface area contributed by atoms with Gasteiger partial charge in [-0.25, -0.2) is 8.78 Å². The summed E-state index contributed by atoms with van der Waals surface area (Å²) in [7, 11) is 0. The summed E-state index contributed by atoms with van der Waals surface area (Å²) in [6, 6.07) is 1.79. The van der Waals surface area contributed by atoms with Gasteiger partial charge in [0.25, 0.3) is 0 Å². The maximum absolute atomic E-state index is 13.3. The molecule has 0 aliphatic heterocycles. The van der Waals surface area contributed by atoms with Crippen LogP contribution in [0.15, 0.2) is 16.6 Å². The maximum atomic E-state index is 13.3. The highest BCUT2D eigenvalue weighted by atomic mass is 79.9. The maximum Gasteiger partial charge on any atom is 0.231 e. The molecule has 0 atom stereocenters. The molecule has 1 rings (SSSR count). The van der Waals surface area contributed by atoms with Crippen molar-refractivity contribution in [3.8, 4) is 0 Å². The van der Waals surface area contributed by atoms with E-state index in [1.165, 1.54) is 0 Å². The van der Waals surface area contributed by atoms with E-state index in [-0.39, 0.29) is 21.6 Å². The summed E-state index contributed by atoms with van der Waals surface area (Å²) >= 11 is 7.33. The van der Waals surface area contributed by atoms with Crippen molar-refractivity contribution >= 4 is 44.7 Å². The van der Waals surface area contributed by atoms with Gasteiger partial charge in [0.05, 0.1) is 21.6 Å². The smallest absolute Gasteiger partial charge is 0.231 e. The first-order chi connectivity index (χ1) is 7.40. The van der Waals surface area contributed by atoms with E-state index >= 15 is 0 Å². The van der Waals surface area contributed by atoms with Crippen LogP contribution in [0.1, 0.15) is 6.42 Å². The van der Waals surface area contributed by atoms with E-state index in [1.807, 2.05) is 0 Å². The number of nitrogens with one attached hydrogen (secondary N) is 1. The van der Waals surface area contributed by atoms with E-state index in [2.05, 4.69) is 33.5 Å². The molecule has 0 fully saturated rings. The van der Waals surface area contributed by atoms with Crippen LogP contribution in [0.3, 0.4) is 0 Å². The Bertz CT molecular complexity index is 453. The Balaban J connectivity index is 2.85. The van der Waals surface area contributed by atoms with E-state index in [9.17, 15) is 13.6 Å². The van der Waals surface area contributed by atoms with Crippen LogP contribution in [0.5, 0.6) is 0 Å². The highest BCUT2D eigenvalue weighted by molar-refractivity contribution is 9.10. The lowest BCUT2D eigenvalue weighted by Crippen LogP contribution is -2.20. The first kappa shape index (κ1) is 13.0. The second kappa shape index (κ2) is 5.31. The second-order valence-electron chi connectivity index (χ2n) is 2.94. The van der Waals surface area contributed by atoms with Gasteiger partial charge in [0.15, 0.2) is 0 Å². The molecule has 0 saturated carbocycles. The minimum atomic E-state index is -0.746. The van der Waals surface area contributed by atoms with Crippen molar-refractivity contribution in [2.24, 2.45) is 5.73 Å². The Hall–Kier alpha value is -1.08. The zero-order valence-corrected chi connectivity index (χ0v) is 10.3. The van der Waals surface area contributed by atoms with Crippen molar-refractivity contribution in [3.05, 3.63) is 28.2 Å². The molecule has 0 heterocycles. The van der Waals surface area contributed by atoms with E-state index in [4.69, 9.17) is 5.73 Å². The minimum Gasteiger partial charge on any atom is -0.393 e. The first-order valence-electron chi connectivity index (χ1n) is 4.13. The van der Waals surface area contributed by atoms with Gasteiger partial charge in [-0.05, 0) is 22.0 Å². The summed E-state index contributed by atoms with van der Waals surface area (Å²) in [5.41, 5.74) is 4.89. The largest absolute Gasteiger partial charge is 0.393 e. The SMILES string of the molecule is NC(=S)CC(=O)Nc1cc(F)c(Br)cc1F. The standard InChI is InChI=1S/C9H7BrF2N2OS/c10-4-1-6(12)7(2-5(4)11)14-9(15)3-8(13)16/h1-2H,3H2,(H2,13,16)(H,14,15). The van der Waals surface area contributed by atoms with Crippen molar-refractivity contribution in [1.29, 1.82) is 0 Å². The van der Waals surface area contributed by atoms with Gasteiger partial charge in [-0.15, -0.1) is 0 Å². The Morgan fingerprint density at radius 1 is 1.44 bits per heavy atom. The molecule has 0 radical (unpaired) electrons. The Morgan fingerprint density at radius 2 is 2.06 bits per heavy atom. The summed E-state index contributed by atoms with van der Waals surface area (Å²) < 4.78 is 26.3. The quantitative estimate of drug-likeness (QED) is 0.665. The van der Waals surface area contributed by atoms with Crippen LogP contribution in [-0.2, 0) is 4.79 Å². The fourth-order valence-electron chi connectivity index (χ4n) is 0.971. The van der Waals surface area contributed by atoms with Gasteiger partial charge in [0, 0.05) is 6.07 Å². The van der Waals surface area contributed by atoms with E-state index in [0.717, 1.165) is 12.1 Å². The molecule has 0 bridgehead atoms. The van der Waals surface area contributed by atoms with Crippen LogP contribution < -0.4 is 11.1 Å². The monoisotopic (exact) mass is 308 g/mol. The first-order valence-corrected chi connectivity index (χ1v) is 5.33. The Kier molecular flexibility index (Phi) is 4.31. The molecule has 1 aromatic carbocycles. The molecule has 1 amide bonds. The molecule has 7 heteroatoms. The molecule has 16 heavy (non-hydrogen) atoms. The normalized spacial score (nSPS) is 9.94. The van der Waals surface area contributed by atoms with Gasteiger partial charge < -0.3 is 11.1 Å². The van der Waals surface area contributed by atoms with Crippen LogP contribution in [0.2, 0.25) is 0 Å². The number of halogens is 3. The second-order valence-corrected chi connectivity index (χ2v) is 4.32. The van der Waals surface area contributed by atoms with Gasteiger partial charge in [-0.1, -0.05) is 12.2 Å². The van der Waals surface area contributed by atoms with Gasteiger partial charge >= 0.3 is 0 Å². The van der Waals surface area contributed by atoms with Crippen molar-refractivity contribution in [3.63, 3.8) is 0 Å². The fraction of sp³-hybridized carbons (Fsp3) is 0.111. The summed E-state index contributed by atoms with van der Waals surface area (Å²) in [5, 5.41) is 2.17. The molecule has 0 aliphatic carbocycles. The highest BCUT2D eigenvalue weighted by Crippen LogP contribution is 2.23. The van der Waals surface area contributed by atoms with Gasteiger partial charge in [0.2, 0.25) is 5.91 Å². The summed E-state index contributed by atoms with van der Waals surface area (Å²) in [5.74, 6) is -2.01. The molecular formula is C9H7BrF2N2OS. The zero-order valence-electron chi connectivity index (χ0n) is 7.89. The molecule has 0 saturated heterocycles. The third kappa shape index (κ3) is 3.49. The minimum absolute atomic E-state index is 0.0163. The van der Waals surface area contributed by atoms with Crippen molar-refractivity contribution in [2.75, 3.05) is 5.32 Å².